The summed E-state index contributed by atoms with van der Waals surface area (Å²) in [5.41, 5.74) is 2.37. The van der Waals surface area contributed by atoms with Gasteiger partial charge in [0.25, 0.3) is 0 Å². The Labute approximate surface area is 128 Å². The van der Waals surface area contributed by atoms with Crippen LogP contribution in [-0.4, -0.2) is 5.11 Å². The van der Waals surface area contributed by atoms with E-state index >= 15 is 0 Å². The first-order chi connectivity index (χ1) is 8.97. The van der Waals surface area contributed by atoms with E-state index in [4.69, 9.17) is 0 Å². The van der Waals surface area contributed by atoms with E-state index in [1.54, 1.807) is 12.1 Å². The summed E-state index contributed by atoms with van der Waals surface area (Å²) in [4.78, 5) is 0. The smallest absolute Gasteiger partial charge is 0.126 e. The molecule has 1 N–H and O–H groups in total. The predicted octanol–water partition coefficient (Wildman–Crippen LogP) is 4.94. The molecule has 4 heteroatoms. The fraction of sp³-hybridized carbons (Fsp3) is 0.200. The van der Waals surface area contributed by atoms with Crippen LogP contribution in [0.5, 0.6) is 0 Å². The molecule has 0 amide bonds. The zero-order chi connectivity index (χ0) is 14.0. The van der Waals surface area contributed by atoms with E-state index < -0.39 is 6.10 Å². The van der Waals surface area contributed by atoms with Crippen LogP contribution in [0, 0.1) is 12.7 Å². The fourth-order valence-corrected chi connectivity index (χ4v) is 3.09. The molecule has 0 spiro atoms. The third-order valence-electron chi connectivity index (χ3n) is 2.94. The van der Waals surface area contributed by atoms with Gasteiger partial charge in [-0.05, 0) is 47.9 Å². The third-order valence-corrected chi connectivity index (χ3v) is 4.12. The van der Waals surface area contributed by atoms with Crippen molar-refractivity contribution >= 4 is 31.9 Å². The van der Waals surface area contributed by atoms with Gasteiger partial charge >= 0.3 is 0 Å². The van der Waals surface area contributed by atoms with Gasteiger partial charge < -0.3 is 5.11 Å². The maximum atomic E-state index is 13.7. The summed E-state index contributed by atoms with van der Waals surface area (Å²) < 4.78 is 15.3. The highest BCUT2D eigenvalue weighted by atomic mass is 79.9. The van der Waals surface area contributed by atoms with Gasteiger partial charge in [0.1, 0.15) is 5.82 Å². The van der Waals surface area contributed by atoms with Crippen LogP contribution < -0.4 is 0 Å². The van der Waals surface area contributed by atoms with E-state index in [1.807, 2.05) is 25.1 Å². The summed E-state index contributed by atoms with van der Waals surface area (Å²) in [6.45, 7) is 1.98. The van der Waals surface area contributed by atoms with Gasteiger partial charge in [-0.3, -0.25) is 0 Å². The average molecular weight is 388 g/mol. The molecule has 1 atom stereocenters. The van der Waals surface area contributed by atoms with Gasteiger partial charge in [-0.25, -0.2) is 4.39 Å². The van der Waals surface area contributed by atoms with E-state index in [-0.39, 0.29) is 12.2 Å². The standard InChI is InChI=1S/C15H13Br2FO/c1-9-2-4-12(13(17)6-9)15(19)8-10-7-11(16)3-5-14(10)18/h2-7,15,19H,8H2,1H3. The molecule has 0 aliphatic heterocycles. The van der Waals surface area contributed by atoms with Crippen molar-refractivity contribution in [3.05, 3.63) is 67.9 Å². The first-order valence-electron chi connectivity index (χ1n) is 5.85. The monoisotopic (exact) mass is 386 g/mol. The number of halogens is 3. The van der Waals surface area contributed by atoms with E-state index in [9.17, 15) is 9.50 Å². The van der Waals surface area contributed by atoms with E-state index in [0.717, 1.165) is 20.1 Å². The van der Waals surface area contributed by atoms with Gasteiger partial charge in [-0.15, -0.1) is 0 Å². The molecule has 0 radical (unpaired) electrons. The second-order valence-electron chi connectivity index (χ2n) is 4.48. The number of benzene rings is 2. The molecule has 2 rings (SSSR count). The number of aliphatic hydroxyl groups is 1. The molecule has 0 bridgehead atoms. The molecule has 0 heterocycles. The first kappa shape index (κ1) is 14.7. The SMILES string of the molecule is Cc1ccc(C(O)Cc2cc(Br)ccc2F)c(Br)c1. The van der Waals surface area contributed by atoms with Gasteiger partial charge in [-0.1, -0.05) is 44.0 Å². The minimum atomic E-state index is -0.737. The predicted molar refractivity (Wildman–Crippen MR) is 81.6 cm³/mol. The van der Waals surface area contributed by atoms with E-state index in [1.165, 1.54) is 6.07 Å². The number of hydrogen-bond donors (Lipinski definition) is 1. The summed E-state index contributed by atoms with van der Waals surface area (Å²) in [6.07, 6.45) is -0.494. The molecule has 2 aromatic rings. The van der Waals surface area contributed by atoms with Crippen molar-refractivity contribution in [1.29, 1.82) is 0 Å². The van der Waals surface area contributed by atoms with Crippen LogP contribution in [0.1, 0.15) is 22.8 Å². The summed E-state index contributed by atoms with van der Waals surface area (Å²) in [5, 5.41) is 10.2. The van der Waals surface area contributed by atoms with Crippen molar-refractivity contribution in [2.45, 2.75) is 19.4 Å². The number of aryl methyl sites for hydroxylation is 1. The minimum Gasteiger partial charge on any atom is -0.388 e. The molecule has 0 saturated carbocycles. The van der Waals surface area contributed by atoms with Crippen LogP contribution in [0.2, 0.25) is 0 Å². The van der Waals surface area contributed by atoms with E-state index in [2.05, 4.69) is 31.9 Å². The second kappa shape index (κ2) is 6.16. The summed E-state index contributed by atoms with van der Waals surface area (Å²) in [5.74, 6) is -0.300. The van der Waals surface area contributed by atoms with Gasteiger partial charge in [0.15, 0.2) is 0 Å². The molecule has 2 aromatic carbocycles. The Morgan fingerprint density at radius 2 is 1.89 bits per heavy atom. The summed E-state index contributed by atoms with van der Waals surface area (Å²) >= 11 is 6.74. The fourth-order valence-electron chi connectivity index (χ4n) is 1.92. The van der Waals surface area contributed by atoms with Gasteiger partial charge in [0.05, 0.1) is 6.10 Å². The summed E-state index contributed by atoms with van der Waals surface area (Å²) in [6, 6.07) is 10.5. The van der Waals surface area contributed by atoms with Crippen LogP contribution >= 0.6 is 31.9 Å². The number of aliphatic hydroxyl groups excluding tert-OH is 1. The normalized spacial score (nSPS) is 12.5. The van der Waals surface area contributed by atoms with Gasteiger partial charge in [0.2, 0.25) is 0 Å². The Morgan fingerprint density at radius 3 is 2.58 bits per heavy atom. The number of hydrogen-bond acceptors (Lipinski definition) is 1. The highest BCUT2D eigenvalue weighted by Gasteiger charge is 2.14. The van der Waals surface area contributed by atoms with Crippen molar-refractivity contribution in [2.75, 3.05) is 0 Å². The van der Waals surface area contributed by atoms with Crippen molar-refractivity contribution < 1.29 is 9.50 Å². The number of rotatable bonds is 3. The lowest BCUT2D eigenvalue weighted by atomic mass is 10.0. The lowest BCUT2D eigenvalue weighted by Crippen LogP contribution is -2.04. The maximum Gasteiger partial charge on any atom is 0.126 e. The Bertz CT molecular complexity index is 599. The molecule has 0 aliphatic rings. The molecule has 0 fully saturated rings. The maximum absolute atomic E-state index is 13.7. The second-order valence-corrected chi connectivity index (χ2v) is 6.25. The minimum absolute atomic E-state index is 0.243. The largest absolute Gasteiger partial charge is 0.388 e. The van der Waals surface area contributed by atoms with Crippen molar-refractivity contribution in [2.24, 2.45) is 0 Å². The molecule has 0 aromatic heterocycles. The van der Waals surface area contributed by atoms with Crippen LogP contribution in [-0.2, 0) is 6.42 Å². The summed E-state index contributed by atoms with van der Waals surface area (Å²) in [7, 11) is 0. The van der Waals surface area contributed by atoms with Crippen molar-refractivity contribution in [3.8, 4) is 0 Å². The van der Waals surface area contributed by atoms with Gasteiger partial charge in [-0.2, -0.15) is 0 Å². The lowest BCUT2D eigenvalue weighted by Gasteiger charge is -2.14. The quantitative estimate of drug-likeness (QED) is 0.791. The molecular weight excluding hydrogens is 375 g/mol. The molecule has 1 unspecified atom stereocenters. The molecule has 0 saturated heterocycles. The highest BCUT2D eigenvalue weighted by Crippen LogP contribution is 2.28. The Hall–Kier alpha value is -0.710. The zero-order valence-electron chi connectivity index (χ0n) is 10.3. The highest BCUT2D eigenvalue weighted by molar-refractivity contribution is 9.10. The van der Waals surface area contributed by atoms with Crippen molar-refractivity contribution in [3.63, 3.8) is 0 Å². The van der Waals surface area contributed by atoms with Gasteiger partial charge in [0, 0.05) is 15.4 Å². The molecule has 0 aliphatic carbocycles. The molecule has 1 nitrogen and oxygen atoms in total. The topological polar surface area (TPSA) is 20.2 Å². The van der Waals surface area contributed by atoms with Crippen LogP contribution in [0.4, 0.5) is 4.39 Å². The first-order valence-corrected chi connectivity index (χ1v) is 7.44. The Balaban J connectivity index is 2.25. The zero-order valence-corrected chi connectivity index (χ0v) is 13.5. The average Bonchev–Trinajstić information content (AvgIpc) is 2.33. The van der Waals surface area contributed by atoms with Crippen LogP contribution in [0.15, 0.2) is 45.3 Å². The Kier molecular flexibility index (Phi) is 4.76. The lowest BCUT2D eigenvalue weighted by molar-refractivity contribution is 0.176. The van der Waals surface area contributed by atoms with Crippen LogP contribution in [0.25, 0.3) is 0 Å². The molecular formula is C15H13Br2FO. The molecule has 19 heavy (non-hydrogen) atoms. The Morgan fingerprint density at radius 1 is 1.16 bits per heavy atom. The molecule has 100 valence electrons. The van der Waals surface area contributed by atoms with Crippen LogP contribution in [0.3, 0.4) is 0 Å². The van der Waals surface area contributed by atoms with Crippen molar-refractivity contribution in [1.82, 2.24) is 0 Å². The van der Waals surface area contributed by atoms with E-state index in [0.29, 0.717) is 5.56 Å². The third kappa shape index (κ3) is 3.65.